The van der Waals surface area contributed by atoms with E-state index in [1.807, 2.05) is 7.05 Å². The predicted molar refractivity (Wildman–Crippen MR) is 69.3 cm³/mol. The first-order valence-corrected chi connectivity index (χ1v) is 6.70. The van der Waals surface area contributed by atoms with Gasteiger partial charge in [0.25, 0.3) is 5.91 Å². The average molecular weight is 248 g/mol. The van der Waals surface area contributed by atoms with E-state index >= 15 is 0 Å². The van der Waals surface area contributed by atoms with Crippen LogP contribution in [0.15, 0.2) is 0 Å². The number of nitrogens with zero attached hydrogens (tertiary/aromatic N) is 2. The minimum absolute atomic E-state index is 0.0601. The molecule has 1 heterocycles. The summed E-state index contributed by atoms with van der Waals surface area (Å²) in [6, 6.07) is 0.276. The number of nitrogen functional groups attached to an aromatic ring is 1. The highest BCUT2D eigenvalue weighted by Gasteiger charge is 2.35. The van der Waals surface area contributed by atoms with Crippen LogP contribution in [0.3, 0.4) is 0 Å². The fourth-order valence-corrected chi connectivity index (χ4v) is 2.46. The molecule has 1 amide bonds. The molecular formula is C13H20N4O. The Morgan fingerprint density at radius 2 is 2.11 bits per heavy atom. The van der Waals surface area contributed by atoms with E-state index in [9.17, 15) is 4.79 Å². The Morgan fingerprint density at radius 1 is 1.44 bits per heavy atom. The zero-order valence-electron chi connectivity index (χ0n) is 10.9. The van der Waals surface area contributed by atoms with Crippen LogP contribution >= 0.6 is 0 Å². The van der Waals surface area contributed by atoms with Crippen molar-refractivity contribution in [2.75, 3.05) is 12.8 Å². The van der Waals surface area contributed by atoms with Crippen molar-refractivity contribution in [2.24, 2.45) is 5.92 Å². The number of nitrogens with two attached hydrogens (primary N) is 1. The summed E-state index contributed by atoms with van der Waals surface area (Å²) in [5.74, 6) is 1.09. The third-order valence-electron chi connectivity index (χ3n) is 4.26. The fourth-order valence-electron chi connectivity index (χ4n) is 2.46. The van der Waals surface area contributed by atoms with Crippen LogP contribution in [-0.2, 0) is 0 Å². The molecule has 5 heteroatoms. The average Bonchev–Trinajstić information content (AvgIpc) is 3.25. The van der Waals surface area contributed by atoms with Gasteiger partial charge in [0, 0.05) is 19.0 Å². The van der Waals surface area contributed by atoms with Crippen molar-refractivity contribution < 1.29 is 4.79 Å². The molecule has 2 fully saturated rings. The van der Waals surface area contributed by atoms with Crippen LogP contribution in [0.4, 0.5) is 5.69 Å². The summed E-state index contributed by atoms with van der Waals surface area (Å²) >= 11 is 0. The van der Waals surface area contributed by atoms with E-state index in [0.717, 1.165) is 18.5 Å². The molecule has 0 bridgehead atoms. The fraction of sp³-hybridized carbons (Fsp3) is 0.692. The molecule has 2 aliphatic rings. The van der Waals surface area contributed by atoms with Gasteiger partial charge >= 0.3 is 0 Å². The molecular weight excluding hydrogens is 228 g/mol. The first-order chi connectivity index (χ1) is 8.59. The normalized spacial score (nSPS) is 20.8. The van der Waals surface area contributed by atoms with Crippen LogP contribution in [0.25, 0.3) is 0 Å². The van der Waals surface area contributed by atoms with E-state index in [0.29, 0.717) is 23.2 Å². The Labute approximate surface area is 107 Å². The van der Waals surface area contributed by atoms with Gasteiger partial charge < -0.3 is 10.6 Å². The number of H-pyrrole nitrogens is 1. The molecule has 0 aromatic carbocycles. The van der Waals surface area contributed by atoms with Crippen molar-refractivity contribution in [1.29, 1.82) is 0 Å². The number of hydrogen-bond donors (Lipinski definition) is 2. The van der Waals surface area contributed by atoms with Crippen molar-refractivity contribution in [3.05, 3.63) is 11.4 Å². The minimum atomic E-state index is -0.0601. The molecule has 0 saturated heterocycles. The zero-order chi connectivity index (χ0) is 12.9. The highest BCUT2D eigenvalue weighted by Crippen LogP contribution is 2.42. The van der Waals surface area contributed by atoms with Gasteiger partial charge in [-0.3, -0.25) is 9.89 Å². The maximum absolute atomic E-state index is 12.4. The molecule has 0 radical (unpaired) electrons. The largest absolute Gasteiger partial charge is 0.395 e. The summed E-state index contributed by atoms with van der Waals surface area (Å²) in [4.78, 5) is 14.1. The van der Waals surface area contributed by atoms with E-state index in [1.165, 1.54) is 12.8 Å². The lowest BCUT2D eigenvalue weighted by Gasteiger charge is -2.24. The lowest BCUT2D eigenvalue weighted by Crippen LogP contribution is -2.37. The molecule has 1 atom stereocenters. The molecule has 2 saturated carbocycles. The summed E-state index contributed by atoms with van der Waals surface area (Å²) in [6.07, 6.45) is 4.74. The van der Waals surface area contributed by atoms with Gasteiger partial charge in [-0.25, -0.2) is 0 Å². The molecule has 1 aromatic heterocycles. The smallest absolute Gasteiger partial charge is 0.276 e. The minimum Gasteiger partial charge on any atom is -0.395 e. The summed E-state index contributed by atoms with van der Waals surface area (Å²) in [7, 11) is 1.84. The molecule has 3 N–H and O–H groups in total. The Hall–Kier alpha value is -1.52. The van der Waals surface area contributed by atoms with Crippen LogP contribution in [0.1, 0.15) is 54.7 Å². The van der Waals surface area contributed by atoms with Crippen molar-refractivity contribution in [1.82, 2.24) is 15.1 Å². The molecule has 3 rings (SSSR count). The first kappa shape index (κ1) is 11.6. The van der Waals surface area contributed by atoms with Gasteiger partial charge in [-0.15, -0.1) is 0 Å². The number of hydrogen-bond acceptors (Lipinski definition) is 3. The summed E-state index contributed by atoms with van der Waals surface area (Å²) in [5.41, 5.74) is 7.93. The Morgan fingerprint density at radius 3 is 2.67 bits per heavy atom. The van der Waals surface area contributed by atoms with Gasteiger partial charge in [-0.2, -0.15) is 5.10 Å². The number of carbonyl (C=O) groups is 1. The van der Waals surface area contributed by atoms with Crippen LogP contribution in [0, 0.1) is 5.92 Å². The first-order valence-electron chi connectivity index (χ1n) is 6.70. The summed E-state index contributed by atoms with van der Waals surface area (Å²) < 4.78 is 0. The highest BCUT2D eigenvalue weighted by atomic mass is 16.2. The van der Waals surface area contributed by atoms with E-state index in [4.69, 9.17) is 5.73 Å². The maximum atomic E-state index is 12.4. The molecule has 1 unspecified atom stereocenters. The number of aromatic amines is 1. The number of rotatable bonds is 4. The Kier molecular flexibility index (Phi) is 2.57. The maximum Gasteiger partial charge on any atom is 0.276 e. The molecule has 2 aliphatic carbocycles. The SMILES string of the molecule is CC(C1CC1)N(C)C(=O)c1n[nH]c(C2CC2)c1N. The molecule has 5 nitrogen and oxygen atoms in total. The van der Waals surface area contributed by atoms with E-state index in [1.54, 1.807) is 4.90 Å². The van der Waals surface area contributed by atoms with Gasteiger partial charge in [-0.05, 0) is 38.5 Å². The number of aromatic nitrogens is 2. The molecule has 0 spiro atoms. The molecule has 0 aliphatic heterocycles. The van der Waals surface area contributed by atoms with Crippen molar-refractivity contribution in [2.45, 2.75) is 44.6 Å². The third-order valence-corrected chi connectivity index (χ3v) is 4.26. The van der Waals surface area contributed by atoms with Crippen molar-refractivity contribution in [3.8, 4) is 0 Å². The van der Waals surface area contributed by atoms with Crippen LogP contribution in [0.2, 0.25) is 0 Å². The van der Waals surface area contributed by atoms with Gasteiger partial charge in [0.15, 0.2) is 5.69 Å². The van der Waals surface area contributed by atoms with Crippen molar-refractivity contribution >= 4 is 11.6 Å². The van der Waals surface area contributed by atoms with E-state index in [-0.39, 0.29) is 11.9 Å². The monoisotopic (exact) mass is 248 g/mol. The summed E-state index contributed by atoms with van der Waals surface area (Å²) in [6.45, 7) is 2.10. The lowest BCUT2D eigenvalue weighted by atomic mass is 10.1. The quantitative estimate of drug-likeness (QED) is 0.852. The number of amides is 1. The highest BCUT2D eigenvalue weighted by molar-refractivity contribution is 5.97. The number of nitrogens with one attached hydrogen (secondary N) is 1. The topological polar surface area (TPSA) is 75.0 Å². The van der Waals surface area contributed by atoms with E-state index in [2.05, 4.69) is 17.1 Å². The third kappa shape index (κ3) is 1.87. The van der Waals surface area contributed by atoms with Gasteiger partial charge in [0.2, 0.25) is 0 Å². The van der Waals surface area contributed by atoms with Gasteiger partial charge in [-0.1, -0.05) is 0 Å². The van der Waals surface area contributed by atoms with Crippen LogP contribution < -0.4 is 5.73 Å². The lowest BCUT2D eigenvalue weighted by molar-refractivity contribution is 0.0722. The van der Waals surface area contributed by atoms with Gasteiger partial charge in [0.1, 0.15) is 0 Å². The second kappa shape index (κ2) is 4.00. The molecule has 18 heavy (non-hydrogen) atoms. The number of carbonyl (C=O) groups excluding carboxylic acids is 1. The molecule has 98 valence electrons. The second-order valence-corrected chi connectivity index (χ2v) is 5.67. The Bertz CT molecular complexity index is 473. The van der Waals surface area contributed by atoms with Gasteiger partial charge in [0.05, 0.1) is 11.4 Å². The zero-order valence-corrected chi connectivity index (χ0v) is 10.9. The van der Waals surface area contributed by atoms with Crippen LogP contribution in [0.5, 0.6) is 0 Å². The van der Waals surface area contributed by atoms with Crippen molar-refractivity contribution in [3.63, 3.8) is 0 Å². The second-order valence-electron chi connectivity index (χ2n) is 5.67. The Balaban J connectivity index is 1.78. The van der Waals surface area contributed by atoms with E-state index < -0.39 is 0 Å². The van der Waals surface area contributed by atoms with Crippen LogP contribution in [-0.4, -0.2) is 34.1 Å². The standard InChI is InChI=1S/C13H20N4O/c1-7(8-3-4-8)17(2)13(18)12-10(14)11(15-16-12)9-5-6-9/h7-9H,3-6,14H2,1-2H3,(H,15,16). The molecule has 1 aromatic rings. The number of anilines is 1. The summed E-state index contributed by atoms with van der Waals surface area (Å²) in [5, 5.41) is 7.05. The predicted octanol–water partition coefficient (Wildman–Crippen LogP) is 1.74.